The molecule has 0 saturated heterocycles. The first-order valence-corrected chi connectivity index (χ1v) is 4.87. The lowest BCUT2D eigenvalue weighted by atomic mass is 9.89. The zero-order valence-electron chi connectivity index (χ0n) is 8.38. The molecular formula is C12H11FO2. The van der Waals surface area contributed by atoms with Crippen LogP contribution in [0.5, 0.6) is 0 Å². The Kier molecular flexibility index (Phi) is 2.31. The largest absolute Gasteiger partial charge is 0.512 e. The minimum atomic E-state index is -0.348. The van der Waals surface area contributed by atoms with E-state index < -0.39 is 0 Å². The molecular weight excluding hydrogens is 195 g/mol. The Balaban J connectivity index is 2.71. The first-order chi connectivity index (χ1) is 7.13. The summed E-state index contributed by atoms with van der Waals surface area (Å²) in [7, 11) is 0. The molecule has 0 saturated carbocycles. The number of hydrogen-bond donors (Lipinski definition) is 1. The van der Waals surface area contributed by atoms with Crippen LogP contribution in [0.25, 0.3) is 6.08 Å². The fourth-order valence-corrected chi connectivity index (χ4v) is 1.92. The Bertz CT molecular complexity index is 461. The highest BCUT2D eigenvalue weighted by Gasteiger charge is 2.22. The van der Waals surface area contributed by atoms with Crippen molar-refractivity contribution in [1.82, 2.24) is 0 Å². The number of allylic oxidation sites excluding steroid dienone is 1. The van der Waals surface area contributed by atoms with Gasteiger partial charge in [0, 0.05) is 5.56 Å². The van der Waals surface area contributed by atoms with E-state index >= 15 is 0 Å². The second-order valence-corrected chi connectivity index (χ2v) is 3.58. The maximum absolute atomic E-state index is 13.4. The molecule has 15 heavy (non-hydrogen) atoms. The summed E-state index contributed by atoms with van der Waals surface area (Å²) < 4.78 is 13.4. The van der Waals surface area contributed by atoms with E-state index in [4.69, 9.17) is 0 Å². The quantitative estimate of drug-likeness (QED) is 0.767. The number of hydrogen-bond acceptors (Lipinski definition) is 2. The third-order valence-electron chi connectivity index (χ3n) is 2.58. The number of fused-ring (bicyclic) bond motifs is 1. The van der Waals surface area contributed by atoms with Crippen molar-refractivity contribution >= 4 is 11.9 Å². The van der Waals surface area contributed by atoms with Crippen LogP contribution in [-0.4, -0.2) is 10.9 Å². The van der Waals surface area contributed by atoms with E-state index in [9.17, 15) is 14.3 Å². The van der Waals surface area contributed by atoms with Gasteiger partial charge in [0.15, 0.2) is 5.78 Å². The zero-order valence-corrected chi connectivity index (χ0v) is 8.38. The van der Waals surface area contributed by atoms with Crippen LogP contribution >= 0.6 is 0 Å². The molecule has 2 rings (SSSR count). The van der Waals surface area contributed by atoms with Gasteiger partial charge in [-0.2, -0.15) is 0 Å². The number of carbonyl (C=O) groups excluding carboxylic acids is 1. The van der Waals surface area contributed by atoms with Gasteiger partial charge < -0.3 is 5.11 Å². The molecule has 0 radical (unpaired) electrons. The molecule has 0 unspecified atom stereocenters. The summed E-state index contributed by atoms with van der Waals surface area (Å²) in [5, 5.41) is 9.31. The minimum absolute atomic E-state index is 0.0244. The van der Waals surface area contributed by atoms with Crippen LogP contribution < -0.4 is 0 Å². The molecule has 0 bridgehead atoms. The van der Waals surface area contributed by atoms with Gasteiger partial charge in [-0.1, -0.05) is 13.0 Å². The summed E-state index contributed by atoms with van der Waals surface area (Å²) in [6, 6.07) is 2.86. The summed E-state index contributed by atoms with van der Waals surface area (Å²) in [4.78, 5) is 11.7. The predicted molar refractivity (Wildman–Crippen MR) is 55.3 cm³/mol. The molecule has 0 heterocycles. The van der Waals surface area contributed by atoms with Gasteiger partial charge in [0.1, 0.15) is 11.6 Å². The molecule has 0 aromatic heterocycles. The van der Waals surface area contributed by atoms with E-state index in [-0.39, 0.29) is 23.8 Å². The maximum atomic E-state index is 13.4. The average Bonchev–Trinajstić information content (AvgIpc) is 2.18. The van der Waals surface area contributed by atoms with Crippen molar-refractivity contribution in [3.05, 3.63) is 40.4 Å². The third-order valence-corrected chi connectivity index (χ3v) is 2.58. The van der Waals surface area contributed by atoms with Crippen LogP contribution in [0.15, 0.2) is 17.9 Å². The number of aliphatic hydroxyl groups is 1. The Morgan fingerprint density at radius 2 is 2.20 bits per heavy atom. The molecule has 2 nitrogen and oxygen atoms in total. The SMILES string of the molecule is CCc1c(F)ccc2c1C(=O)CC(O)=C2. The molecule has 1 aromatic carbocycles. The van der Waals surface area contributed by atoms with E-state index in [0.717, 1.165) is 0 Å². The highest BCUT2D eigenvalue weighted by atomic mass is 19.1. The zero-order chi connectivity index (χ0) is 11.0. The molecule has 1 aliphatic carbocycles. The second kappa shape index (κ2) is 3.50. The Labute approximate surface area is 87.0 Å². The van der Waals surface area contributed by atoms with E-state index in [2.05, 4.69) is 0 Å². The topological polar surface area (TPSA) is 37.3 Å². The van der Waals surface area contributed by atoms with Gasteiger partial charge in [-0.25, -0.2) is 4.39 Å². The van der Waals surface area contributed by atoms with Gasteiger partial charge in [-0.05, 0) is 29.7 Å². The number of halogens is 1. The van der Waals surface area contributed by atoms with Crippen molar-refractivity contribution in [1.29, 1.82) is 0 Å². The highest BCUT2D eigenvalue weighted by molar-refractivity contribution is 6.04. The van der Waals surface area contributed by atoms with E-state index in [0.29, 0.717) is 23.1 Å². The second-order valence-electron chi connectivity index (χ2n) is 3.58. The van der Waals surface area contributed by atoms with Gasteiger partial charge in [-0.15, -0.1) is 0 Å². The summed E-state index contributed by atoms with van der Waals surface area (Å²) in [6.07, 6.45) is 1.98. The van der Waals surface area contributed by atoms with Gasteiger partial charge in [0.2, 0.25) is 0 Å². The molecule has 0 atom stereocenters. The van der Waals surface area contributed by atoms with Crippen LogP contribution in [0.4, 0.5) is 4.39 Å². The van der Waals surface area contributed by atoms with E-state index in [1.54, 1.807) is 0 Å². The molecule has 0 spiro atoms. The number of rotatable bonds is 1. The van der Waals surface area contributed by atoms with Gasteiger partial charge >= 0.3 is 0 Å². The van der Waals surface area contributed by atoms with Crippen molar-refractivity contribution in [2.75, 3.05) is 0 Å². The van der Waals surface area contributed by atoms with E-state index in [1.807, 2.05) is 6.92 Å². The standard InChI is InChI=1S/C12H11FO2/c1-2-9-10(13)4-3-7-5-8(14)6-11(15)12(7)9/h3-5,14H,2,6H2,1H3. The molecule has 0 amide bonds. The smallest absolute Gasteiger partial charge is 0.171 e. The Hall–Kier alpha value is -1.64. The number of carbonyl (C=O) groups is 1. The summed E-state index contributed by atoms with van der Waals surface area (Å²) >= 11 is 0. The lowest BCUT2D eigenvalue weighted by molar-refractivity contribution is 0.0977. The number of Topliss-reactive ketones (excluding diaryl/α,β-unsaturated/α-hetero) is 1. The lowest BCUT2D eigenvalue weighted by Crippen LogP contribution is -2.12. The summed E-state index contributed by atoms with van der Waals surface area (Å²) in [6.45, 7) is 1.81. The van der Waals surface area contributed by atoms with Crippen molar-refractivity contribution < 1.29 is 14.3 Å². The molecule has 1 aliphatic rings. The predicted octanol–water partition coefficient (Wildman–Crippen LogP) is 2.87. The van der Waals surface area contributed by atoms with Crippen molar-refractivity contribution in [2.24, 2.45) is 0 Å². The van der Waals surface area contributed by atoms with Crippen molar-refractivity contribution in [3.8, 4) is 0 Å². The first-order valence-electron chi connectivity index (χ1n) is 4.87. The fourth-order valence-electron chi connectivity index (χ4n) is 1.92. The monoisotopic (exact) mass is 206 g/mol. The van der Waals surface area contributed by atoms with Crippen LogP contribution in [0, 0.1) is 5.82 Å². The maximum Gasteiger partial charge on any atom is 0.171 e. The fraction of sp³-hybridized carbons (Fsp3) is 0.250. The van der Waals surface area contributed by atoms with E-state index in [1.165, 1.54) is 18.2 Å². The normalized spacial score (nSPS) is 14.8. The minimum Gasteiger partial charge on any atom is -0.512 e. The molecule has 1 N–H and O–H groups in total. The van der Waals surface area contributed by atoms with Crippen molar-refractivity contribution in [2.45, 2.75) is 19.8 Å². The lowest BCUT2D eigenvalue weighted by Gasteiger charge is -2.15. The van der Waals surface area contributed by atoms with Crippen LogP contribution in [0.1, 0.15) is 34.8 Å². The Morgan fingerprint density at radius 1 is 1.47 bits per heavy atom. The van der Waals surface area contributed by atoms with Crippen molar-refractivity contribution in [3.63, 3.8) is 0 Å². The third kappa shape index (κ3) is 1.54. The molecule has 78 valence electrons. The van der Waals surface area contributed by atoms with Crippen LogP contribution in [0.3, 0.4) is 0 Å². The Morgan fingerprint density at radius 3 is 2.87 bits per heavy atom. The number of benzene rings is 1. The molecule has 1 aromatic rings. The number of ketones is 1. The first kappa shape index (κ1) is 9.90. The van der Waals surface area contributed by atoms with Gasteiger partial charge in [-0.3, -0.25) is 4.79 Å². The molecule has 3 heteroatoms. The summed E-state index contributed by atoms with van der Waals surface area (Å²) in [5.74, 6) is -0.512. The van der Waals surface area contributed by atoms with Gasteiger partial charge in [0.25, 0.3) is 0 Å². The summed E-state index contributed by atoms with van der Waals surface area (Å²) in [5.41, 5.74) is 1.48. The average molecular weight is 206 g/mol. The van der Waals surface area contributed by atoms with Gasteiger partial charge in [0.05, 0.1) is 6.42 Å². The highest BCUT2D eigenvalue weighted by Crippen LogP contribution is 2.27. The van der Waals surface area contributed by atoms with Crippen LogP contribution in [0.2, 0.25) is 0 Å². The molecule has 0 aliphatic heterocycles. The molecule has 0 fully saturated rings. The van der Waals surface area contributed by atoms with Crippen LogP contribution in [-0.2, 0) is 6.42 Å². The number of aliphatic hydroxyl groups excluding tert-OH is 1.